The molecule has 0 radical (unpaired) electrons. The second-order valence-electron chi connectivity index (χ2n) is 7.01. The smallest absolute Gasteiger partial charge is 0.161 e. The number of nitrogens with zero attached hydrogens (tertiary/aromatic N) is 1. The molecule has 2 aromatic carbocycles. The van der Waals surface area contributed by atoms with Crippen LogP contribution in [0.15, 0.2) is 30.3 Å². The van der Waals surface area contributed by atoms with Gasteiger partial charge in [0.15, 0.2) is 11.5 Å². The molecule has 146 valence electrons. The standard InChI is InChI=1S/C21H26F2N2O2/c1-25(2)9-4-10-27-20-13-16-14(11-19(20)26-3)7-8-24-21(16)17-12-15(22)5-6-18(17)23/h5-6,11-13,21,24H,4,7-10H2,1-3H3. The molecule has 0 aliphatic carbocycles. The fourth-order valence-corrected chi connectivity index (χ4v) is 3.41. The lowest BCUT2D eigenvalue weighted by Crippen LogP contribution is -2.31. The molecule has 4 nitrogen and oxygen atoms in total. The van der Waals surface area contributed by atoms with Crippen molar-refractivity contribution < 1.29 is 18.3 Å². The van der Waals surface area contributed by atoms with E-state index in [0.717, 1.165) is 36.6 Å². The van der Waals surface area contributed by atoms with Crippen LogP contribution in [0.1, 0.15) is 29.2 Å². The molecule has 27 heavy (non-hydrogen) atoms. The topological polar surface area (TPSA) is 33.7 Å². The molecule has 0 aromatic heterocycles. The molecule has 2 aromatic rings. The van der Waals surface area contributed by atoms with E-state index in [0.29, 0.717) is 30.2 Å². The maximum absolute atomic E-state index is 14.4. The van der Waals surface area contributed by atoms with Gasteiger partial charge in [-0.15, -0.1) is 0 Å². The summed E-state index contributed by atoms with van der Waals surface area (Å²) in [5.74, 6) is 0.416. The number of hydrogen-bond acceptors (Lipinski definition) is 4. The highest BCUT2D eigenvalue weighted by Gasteiger charge is 2.26. The predicted molar refractivity (Wildman–Crippen MR) is 102 cm³/mol. The van der Waals surface area contributed by atoms with Gasteiger partial charge in [0, 0.05) is 18.7 Å². The van der Waals surface area contributed by atoms with Crippen LogP contribution in [0, 0.1) is 11.6 Å². The summed E-state index contributed by atoms with van der Waals surface area (Å²) < 4.78 is 39.5. The van der Waals surface area contributed by atoms with E-state index in [2.05, 4.69) is 10.2 Å². The lowest BCUT2D eigenvalue weighted by molar-refractivity contribution is 0.267. The molecule has 1 unspecified atom stereocenters. The molecule has 1 aliphatic heterocycles. The summed E-state index contributed by atoms with van der Waals surface area (Å²) in [6.45, 7) is 2.16. The van der Waals surface area contributed by atoms with Crippen LogP contribution in [0.5, 0.6) is 11.5 Å². The van der Waals surface area contributed by atoms with Crippen molar-refractivity contribution in [1.82, 2.24) is 10.2 Å². The van der Waals surface area contributed by atoms with Gasteiger partial charge in [-0.2, -0.15) is 0 Å². The van der Waals surface area contributed by atoms with Gasteiger partial charge in [0.05, 0.1) is 19.8 Å². The molecule has 0 fully saturated rings. The molecule has 0 amide bonds. The molecule has 0 spiro atoms. The molecule has 1 atom stereocenters. The van der Waals surface area contributed by atoms with Gasteiger partial charge in [-0.25, -0.2) is 8.78 Å². The Morgan fingerprint density at radius 2 is 1.93 bits per heavy atom. The van der Waals surface area contributed by atoms with Crippen molar-refractivity contribution in [3.05, 3.63) is 58.7 Å². The maximum Gasteiger partial charge on any atom is 0.161 e. The number of benzene rings is 2. The summed E-state index contributed by atoms with van der Waals surface area (Å²) in [6, 6.07) is 6.98. The summed E-state index contributed by atoms with van der Waals surface area (Å²) in [5.41, 5.74) is 2.26. The van der Waals surface area contributed by atoms with Gasteiger partial charge < -0.3 is 19.7 Å². The van der Waals surface area contributed by atoms with Crippen molar-refractivity contribution >= 4 is 0 Å². The number of methoxy groups -OCH3 is 1. The number of hydrogen-bond donors (Lipinski definition) is 1. The first-order valence-electron chi connectivity index (χ1n) is 9.16. The number of halogens is 2. The van der Waals surface area contributed by atoms with Crippen molar-refractivity contribution in [3.63, 3.8) is 0 Å². The van der Waals surface area contributed by atoms with Gasteiger partial charge in [0.25, 0.3) is 0 Å². The monoisotopic (exact) mass is 376 g/mol. The normalized spacial score (nSPS) is 16.3. The molecule has 0 saturated carbocycles. The number of fused-ring (bicyclic) bond motifs is 1. The van der Waals surface area contributed by atoms with Crippen molar-refractivity contribution in [2.45, 2.75) is 18.9 Å². The van der Waals surface area contributed by atoms with E-state index in [1.807, 2.05) is 26.2 Å². The fourth-order valence-electron chi connectivity index (χ4n) is 3.41. The van der Waals surface area contributed by atoms with Gasteiger partial charge >= 0.3 is 0 Å². The van der Waals surface area contributed by atoms with Crippen LogP contribution in [0.2, 0.25) is 0 Å². The zero-order chi connectivity index (χ0) is 19.4. The van der Waals surface area contributed by atoms with Crippen molar-refractivity contribution in [2.75, 3.05) is 40.9 Å². The van der Waals surface area contributed by atoms with Crippen molar-refractivity contribution in [2.24, 2.45) is 0 Å². The van der Waals surface area contributed by atoms with E-state index in [4.69, 9.17) is 9.47 Å². The number of rotatable bonds is 7. The lowest BCUT2D eigenvalue weighted by atomic mass is 9.89. The van der Waals surface area contributed by atoms with Crippen LogP contribution in [-0.4, -0.2) is 45.8 Å². The molecule has 1 N–H and O–H groups in total. The summed E-state index contributed by atoms with van der Waals surface area (Å²) in [6.07, 6.45) is 1.67. The van der Waals surface area contributed by atoms with Gasteiger partial charge in [-0.1, -0.05) is 0 Å². The summed E-state index contributed by atoms with van der Waals surface area (Å²) >= 11 is 0. The SMILES string of the molecule is COc1cc2c(cc1OCCCN(C)C)C(c1cc(F)ccc1F)NCC2. The van der Waals surface area contributed by atoms with Gasteiger partial charge in [-0.05, 0) is 68.4 Å². The van der Waals surface area contributed by atoms with Gasteiger partial charge in [-0.3, -0.25) is 0 Å². The summed E-state index contributed by atoms with van der Waals surface area (Å²) in [5, 5.41) is 3.30. The molecule has 0 saturated heterocycles. The van der Waals surface area contributed by atoms with Crippen LogP contribution in [0.25, 0.3) is 0 Å². The Hall–Kier alpha value is -2.18. The fraction of sp³-hybridized carbons (Fsp3) is 0.429. The first-order valence-corrected chi connectivity index (χ1v) is 9.16. The second-order valence-corrected chi connectivity index (χ2v) is 7.01. The van der Waals surface area contributed by atoms with E-state index >= 15 is 0 Å². The average molecular weight is 376 g/mol. The Kier molecular flexibility index (Phi) is 6.29. The minimum atomic E-state index is -0.450. The Morgan fingerprint density at radius 1 is 1.11 bits per heavy atom. The van der Waals surface area contributed by atoms with E-state index in [9.17, 15) is 8.78 Å². The molecule has 1 aliphatic rings. The Bertz CT molecular complexity index is 796. The first-order chi connectivity index (χ1) is 13.0. The number of nitrogens with one attached hydrogen (secondary N) is 1. The van der Waals surface area contributed by atoms with Crippen LogP contribution < -0.4 is 14.8 Å². The number of ether oxygens (including phenoxy) is 2. The highest BCUT2D eigenvalue weighted by Crippen LogP contribution is 2.38. The van der Waals surface area contributed by atoms with Crippen molar-refractivity contribution in [1.29, 1.82) is 0 Å². The van der Waals surface area contributed by atoms with Gasteiger partial charge in [0.1, 0.15) is 11.6 Å². The molecule has 0 bridgehead atoms. The zero-order valence-electron chi connectivity index (χ0n) is 16.0. The Labute approximate surface area is 159 Å². The summed E-state index contributed by atoms with van der Waals surface area (Å²) in [4.78, 5) is 2.10. The molecule has 6 heteroatoms. The molecule has 3 rings (SSSR count). The van der Waals surface area contributed by atoms with Crippen molar-refractivity contribution in [3.8, 4) is 11.5 Å². The highest BCUT2D eigenvalue weighted by molar-refractivity contribution is 5.51. The predicted octanol–water partition coefficient (Wildman–Crippen LogP) is 3.54. The zero-order valence-corrected chi connectivity index (χ0v) is 16.0. The van der Waals surface area contributed by atoms with Gasteiger partial charge in [0.2, 0.25) is 0 Å². The van der Waals surface area contributed by atoms with Crippen LogP contribution in [-0.2, 0) is 6.42 Å². The Balaban J connectivity index is 1.91. The van der Waals surface area contributed by atoms with E-state index in [1.54, 1.807) is 7.11 Å². The average Bonchev–Trinajstić information content (AvgIpc) is 2.66. The molecule has 1 heterocycles. The summed E-state index contributed by atoms with van der Waals surface area (Å²) in [7, 11) is 5.64. The van der Waals surface area contributed by atoms with E-state index in [-0.39, 0.29) is 0 Å². The van der Waals surface area contributed by atoms with Crippen LogP contribution in [0.3, 0.4) is 0 Å². The minimum absolute atomic E-state index is 0.305. The maximum atomic E-state index is 14.4. The van der Waals surface area contributed by atoms with Crippen LogP contribution >= 0.6 is 0 Å². The van der Waals surface area contributed by atoms with E-state index < -0.39 is 17.7 Å². The van der Waals surface area contributed by atoms with E-state index in [1.165, 1.54) is 12.1 Å². The third-order valence-electron chi connectivity index (χ3n) is 4.76. The highest BCUT2D eigenvalue weighted by atomic mass is 19.1. The lowest BCUT2D eigenvalue weighted by Gasteiger charge is -2.29. The third kappa shape index (κ3) is 4.57. The molecular formula is C21H26F2N2O2. The quantitative estimate of drug-likeness (QED) is 0.750. The largest absolute Gasteiger partial charge is 0.493 e. The third-order valence-corrected chi connectivity index (χ3v) is 4.76. The van der Waals surface area contributed by atoms with Crippen LogP contribution in [0.4, 0.5) is 8.78 Å². The molecular weight excluding hydrogens is 350 g/mol. The Morgan fingerprint density at radius 3 is 2.67 bits per heavy atom. The minimum Gasteiger partial charge on any atom is -0.493 e. The second kappa shape index (κ2) is 8.67. The first kappa shape index (κ1) is 19.6.